The Bertz CT molecular complexity index is 2280. The van der Waals surface area contributed by atoms with Crippen LogP contribution in [0.15, 0.2) is 60.2 Å². The predicted molar refractivity (Wildman–Crippen MR) is 230 cm³/mol. The minimum Gasteiger partial charge on any atom is -0.481 e. The lowest BCUT2D eigenvalue weighted by Crippen LogP contribution is -2.63. The monoisotopic (exact) mass is 975 g/mol. The maximum atomic E-state index is 14.4. The first-order valence-electron chi connectivity index (χ1n) is 20.7. The number of alkyl halides is 1. The number of aliphatic hydroxyl groups is 1. The van der Waals surface area contributed by atoms with Gasteiger partial charge < -0.3 is 45.4 Å². The second kappa shape index (κ2) is 18.2. The third kappa shape index (κ3) is 9.18. The molecule has 20 heteroatoms. The first-order chi connectivity index (χ1) is 29.7. The van der Waals surface area contributed by atoms with Crippen LogP contribution in [0.2, 0.25) is 0 Å². The first kappa shape index (κ1) is 47.1. The molecule has 5 aliphatic rings. The molecule has 1 aromatic heterocycles. The zero-order chi connectivity index (χ0) is 45.6. The number of nitrogens with one attached hydrogen (secondary N) is 3. The van der Waals surface area contributed by atoms with Crippen molar-refractivity contribution in [2.24, 2.45) is 28.6 Å². The number of hydrogen-bond acceptors (Lipinski definition) is 12. The highest BCUT2D eigenvalue weighted by molar-refractivity contribution is 9.09. The number of phosphoric ester groups is 1. The number of amides is 3. The van der Waals surface area contributed by atoms with E-state index < -0.39 is 91.4 Å². The van der Waals surface area contributed by atoms with E-state index in [-0.39, 0.29) is 54.0 Å². The van der Waals surface area contributed by atoms with Gasteiger partial charge in [0.25, 0.3) is 0 Å². The van der Waals surface area contributed by atoms with E-state index in [1.54, 1.807) is 24.3 Å². The Hall–Kier alpha value is -3.91. The van der Waals surface area contributed by atoms with Gasteiger partial charge in [-0.2, -0.15) is 0 Å². The van der Waals surface area contributed by atoms with Crippen LogP contribution in [0.5, 0.6) is 0 Å². The van der Waals surface area contributed by atoms with Crippen molar-refractivity contribution in [3.8, 4) is 0 Å². The molecule has 1 saturated heterocycles. The van der Waals surface area contributed by atoms with Gasteiger partial charge in [0.05, 0.1) is 29.0 Å². The molecule has 11 atom stereocenters. The number of Topliss-reactive ketones (excluding diaryl/α,β-unsaturated/α-hetero) is 1. The predicted octanol–water partition coefficient (Wildman–Crippen LogP) is 4.42. The van der Waals surface area contributed by atoms with Crippen LogP contribution in [0.1, 0.15) is 86.8 Å². The van der Waals surface area contributed by atoms with Crippen molar-refractivity contribution in [3.63, 3.8) is 0 Å². The molecule has 2 heterocycles. The minimum absolute atomic E-state index is 0.0164. The highest BCUT2D eigenvalue weighted by Gasteiger charge is 2.76. The summed E-state index contributed by atoms with van der Waals surface area (Å²) in [6.07, 6.45) is 3.72. The highest BCUT2D eigenvalue weighted by atomic mass is 79.9. The molecule has 0 bridgehead atoms. The number of carboxylic acid groups (broad SMARTS) is 1. The lowest BCUT2D eigenvalue weighted by Gasteiger charge is -2.59. The Labute approximate surface area is 375 Å². The Morgan fingerprint density at radius 3 is 2.49 bits per heavy atom. The Morgan fingerprint density at radius 2 is 1.81 bits per heavy atom. The van der Waals surface area contributed by atoms with E-state index in [4.69, 9.17) is 14.0 Å². The van der Waals surface area contributed by atoms with Gasteiger partial charge in [-0.05, 0) is 85.9 Å². The maximum Gasteiger partial charge on any atom is 0.470 e. The van der Waals surface area contributed by atoms with Crippen LogP contribution in [0.25, 0.3) is 0 Å². The molecular formula is C43H51BrN3O14PS. The van der Waals surface area contributed by atoms with Crippen LogP contribution >= 0.6 is 35.1 Å². The molecule has 4 fully saturated rings. The van der Waals surface area contributed by atoms with Crippen molar-refractivity contribution in [1.82, 2.24) is 10.6 Å². The van der Waals surface area contributed by atoms with Crippen LogP contribution in [0, 0.1) is 28.6 Å². The maximum absolute atomic E-state index is 14.4. The van der Waals surface area contributed by atoms with Gasteiger partial charge in [-0.1, -0.05) is 60.5 Å². The average molecular weight is 977 g/mol. The summed E-state index contributed by atoms with van der Waals surface area (Å²) in [5.41, 5.74) is -1.01. The summed E-state index contributed by atoms with van der Waals surface area (Å²) in [4.78, 5) is 95.8. The molecule has 3 saturated carbocycles. The van der Waals surface area contributed by atoms with Crippen molar-refractivity contribution in [2.75, 3.05) is 23.8 Å². The van der Waals surface area contributed by atoms with Crippen LogP contribution in [0.3, 0.4) is 0 Å². The number of benzene rings is 1. The van der Waals surface area contributed by atoms with Gasteiger partial charge in [-0.15, -0.1) is 11.3 Å². The average Bonchev–Trinajstić information content (AvgIpc) is 3.93. The summed E-state index contributed by atoms with van der Waals surface area (Å²) >= 11 is 4.39. The van der Waals surface area contributed by atoms with Crippen molar-refractivity contribution in [1.29, 1.82) is 0 Å². The van der Waals surface area contributed by atoms with E-state index in [2.05, 4.69) is 31.9 Å². The summed E-state index contributed by atoms with van der Waals surface area (Å²) in [6.45, 7) is 4.62. The fourth-order valence-corrected chi connectivity index (χ4v) is 12.5. The topological polar surface area (TPSA) is 264 Å². The molecular weight excluding hydrogens is 925 g/mol. The second-order valence-electron chi connectivity index (χ2n) is 17.5. The SMILES string of the molecule is C[C@@H](c1ccc(NC(=O)[C@H](CCC(=O)O)NC(=O)CNC(=O)CBr)cc1)c1ccc([C@@H]2O[C@@H]3C[C@H]4[C@@H]5CCC6=CC(=O)C=C[C@]6(C)[C@H]5[C@@H](O)C[C@]4(C)[C@]3(C(=O)COP(=O)(O)O)O2)s1. The number of ether oxygens (including phenoxy) is 2. The zero-order valence-electron chi connectivity index (χ0n) is 34.8. The van der Waals surface area contributed by atoms with E-state index in [0.717, 1.165) is 16.0 Å². The summed E-state index contributed by atoms with van der Waals surface area (Å²) in [5, 5.41) is 28.8. The Balaban J connectivity index is 1.07. The van der Waals surface area contributed by atoms with Gasteiger partial charge in [-0.25, -0.2) is 4.57 Å². The van der Waals surface area contributed by atoms with Crippen molar-refractivity contribution in [2.45, 2.75) is 95.4 Å². The molecule has 340 valence electrons. The van der Waals surface area contributed by atoms with E-state index >= 15 is 0 Å². The van der Waals surface area contributed by atoms with Crippen LogP contribution in [-0.2, 0) is 47.3 Å². The number of phosphoric acid groups is 1. The van der Waals surface area contributed by atoms with E-state index in [0.29, 0.717) is 29.8 Å². The Kier molecular flexibility index (Phi) is 13.6. The molecule has 0 radical (unpaired) electrons. The number of fused-ring (bicyclic) bond motifs is 7. The number of carbonyl (C=O) groups is 6. The van der Waals surface area contributed by atoms with Crippen LogP contribution < -0.4 is 16.0 Å². The molecule has 0 spiro atoms. The third-order valence-electron chi connectivity index (χ3n) is 13.9. The summed E-state index contributed by atoms with van der Waals surface area (Å²) < 4.78 is 30.1. The fourth-order valence-electron chi connectivity index (χ4n) is 10.9. The van der Waals surface area contributed by atoms with Gasteiger partial charge >= 0.3 is 13.8 Å². The van der Waals surface area contributed by atoms with Gasteiger partial charge in [0.15, 0.2) is 23.5 Å². The molecule has 1 aromatic carbocycles. The number of anilines is 1. The quantitative estimate of drug-likeness (QED) is 0.0908. The standard InChI is InChI=1S/C43H51BrN3O14PS/c1-22(23-4-7-25(8-5-23)46-39(55)29(10-13-37(53)54)47-36(52)20-45-35(51)19-44)31-11-12-32(63-31)40-60-34-17-28-27-9-6-24-16-26(48)14-15-41(24,2)38(27)30(49)18-42(28,3)43(34,61-40)33(50)21-59-62(56,57)58/h4-5,7-8,11-12,14-16,22,27-30,34,38,40,49H,6,9-10,13,17-21H2,1-3H3,(H,45,51)(H,46,55)(H,47,52)(H,53,54)(H2,56,57,58)/t22-,27-,28-,29-,30-,34+,38+,40+,41-,42-,43+/m0/s1. The Morgan fingerprint density at radius 1 is 1.08 bits per heavy atom. The number of halogens is 1. The molecule has 17 nitrogen and oxygen atoms in total. The normalized spacial score (nSPS) is 31.7. The number of hydrogen-bond donors (Lipinski definition) is 7. The molecule has 63 heavy (non-hydrogen) atoms. The summed E-state index contributed by atoms with van der Waals surface area (Å²) in [5.74, 6) is -4.27. The largest absolute Gasteiger partial charge is 0.481 e. The van der Waals surface area contributed by atoms with Crippen LogP contribution in [0.4, 0.5) is 5.69 Å². The van der Waals surface area contributed by atoms with E-state index in [9.17, 15) is 53.3 Å². The van der Waals surface area contributed by atoms with Gasteiger partial charge in [0.2, 0.25) is 17.7 Å². The highest BCUT2D eigenvalue weighted by Crippen LogP contribution is 2.70. The molecule has 3 amide bonds. The van der Waals surface area contributed by atoms with Crippen molar-refractivity contribution in [3.05, 3.63) is 75.5 Å². The smallest absolute Gasteiger partial charge is 0.470 e. The number of aliphatic carboxylic acids is 1. The number of thiophene rings is 1. The number of carboxylic acids is 1. The number of ketones is 2. The van der Waals surface area contributed by atoms with E-state index in [1.165, 1.54) is 11.3 Å². The number of aliphatic hydroxyl groups excluding tert-OH is 1. The van der Waals surface area contributed by atoms with Gasteiger partial charge in [-0.3, -0.25) is 33.3 Å². The number of rotatable bonds is 16. The molecule has 2 aromatic rings. The van der Waals surface area contributed by atoms with Crippen molar-refractivity contribution < 1.29 is 67.3 Å². The third-order valence-corrected chi connectivity index (χ3v) is 16.1. The van der Waals surface area contributed by atoms with Crippen LogP contribution in [-0.4, -0.2) is 97.6 Å². The summed E-state index contributed by atoms with van der Waals surface area (Å²) in [6, 6.07) is 9.57. The van der Waals surface area contributed by atoms with Gasteiger partial charge in [0, 0.05) is 39.7 Å². The number of allylic oxidation sites excluding steroid dienone is 4. The molecule has 7 rings (SSSR count). The second-order valence-corrected chi connectivity index (χ2v) is 20.4. The minimum atomic E-state index is -5.04. The molecule has 1 aliphatic heterocycles. The molecule has 7 N–H and O–H groups in total. The first-order valence-corrected chi connectivity index (χ1v) is 24.2. The zero-order valence-corrected chi connectivity index (χ0v) is 38.1. The van der Waals surface area contributed by atoms with Crippen molar-refractivity contribution >= 4 is 76.0 Å². The lowest BCUT2D eigenvalue weighted by atomic mass is 9.46. The molecule has 4 aliphatic carbocycles. The van der Waals surface area contributed by atoms with Gasteiger partial charge in [0.1, 0.15) is 12.6 Å². The fraction of sp³-hybridized carbons (Fsp3) is 0.535. The lowest BCUT2D eigenvalue weighted by molar-refractivity contribution is -0.200. The van der Waals surface area contributed by atoms with E-state index in [1.807, 2.05) is 51.1 Å². The number of carbonyl (C=O) groups excluding carboxylic acids is 5. The molecule has 0 unspecified atom stereocenters. The summed E-state index contributed by atoms with van der Waals surface area (Å²) in [7, 11) is -5.04.